The van der Waals surface area contributed by atoms with E-state index in [1.54, 1.807) is 7.11 Å². The third kappa shape index (κ3) is 2.60. The second-order valence-electron chi connectivity index (χ2n) is 6.00. The number of benzene rings is 3. The Balaban J connectivity index is 2.00. The van der Waals surface area contributed by atoms with E-state index in [9.17, 15) is 4.79 Å². The van der Waals surface area contributed by atoms with Crippen molar-refractivity contribution >= 4 is 16.7 Å². The third-order valence-electron chi connectivity index (χ3n) is 4.58. The fourth-order valence-electron chi connectivity index (χ4n) is 3.41. The molecule has 3 aromatic carbocycles. The largest absolute Gasteiger partial charge is 0.497 e. The second-order valence-corrected chi connectivity index (χ2v) is 6.00. The smallest absolute Gasteiger partial charge is 0.251 e. The van der Waals surface area contributed by atoms with Gasteiger partial charge in [0.2, 0.25) is 0 Å². The van der Waals surface area contributed by atoms with E-state index in [1.807, 2.05) is 49.4 Å². The molecule has 4 rings (SSSR count). The fraction of sp³-hybridized carbons (Fsp3) is 0.190. The molecule has 1 aliphatic heterocycles. The highest BCUT2D eigenvalue weighted by Crippen LogP contribution is 2.38. The lowest BCUT2D eigenvalue weighted by Gasteiger charge is -2.14. The van der Waals surface area contributed by atoms with Gasteiger partial charge < -0.3 is 14.8 Å². The standard InChI is InChI=1S/C21H19NO3/c1-3-25-16-9-6-14-10-18-19(12-22-21(18)23)20(17(14)11-16)13-4-7-15(24-2)8-5-13/h4-11H,3,12H2,1-2H3,(H,22,23). The number of hydrogen-bond acceptors (Lipinski definition) is 3. The minimum Gasteiger partial charge on any atom is -0.497 e. The van der Waals surface area contributed by atoms with Crippen LogP contribution >= 0.6 is 0 Å². The van der Waals surface area contributed by atoms with Crippen LogP contribution in [0, 0.1) is 0 Å². The van der Waals surface area contributed by atoms with Gasteiger partial charge in [0.25, 0.3) is 5.91 Å². The summed E-state index contributed by atoms with van der Waals surface area (Å²) in [6.07, 6.45) is 0. The van der Waals surface area contributed by atoms with Gasteiger partial charge in [0.1, 0.15) is 11.5 Å². The summed E-state index contributed by atoms with van der Waals surface area (Å²) in [4.78, 5) is 12.2. The molecule has 1 aliphatic rings. The van der Waals surface area contributed by atoms with E-state index < -0.39 is 0 Å². The molecule has 0 spiro atoms. The lowest BCUT2D eigenvalue weighted by Crippen LogP contribution is -2.12. The monoisotopic (exact) mass is 333 g/mol. The van der Waals surface area contributed by atoms with Crippen LogP contribution < -0.4 is 14.8 Å². The van der Waals surface area contributed by atoms with E-state index in [2.05, 4.69) is 11.4 Å². The minimum atomic E-state index is -0.0134. The number of methoxy groups -OCH3 is 1. The molecule has 126 valence electrons. The number of rotatable bonds is 4. The Kier molecular flexibility index (Phi) is 3.80. The molecule has 3 aromatic rings. The topological polar surface area (TPSA) is 47.6 Å². The van der Waals surface area contributed by atoms with Gasteiger partial charge in [-0.25, -0.2) is 0 Å². The molecule has 4 nitrogen and oxygen atoms in total. The van der Waals surface area contributed by atoms with E-state index in [-0.39, 0.29) is 5.91 Å². The third-order valence-corrected chi connectivity index (χ3v) is 4.58. The van der Waals surface area contributed by atoms with Gasteiger partial charge in [0.05, 0.1) is 13.7 Å². The van der Waals surface area contributed by atoms with Gasteiger partial charge in [-0.1, -0.05) is 18.2 Å². The van der Waals surface area contributed by atoms with Crippen molar-refractivity contribution in [3.05, 3.63) is 59.7 Å². The highest BCUT2D eigenvalue weighted by Gasteiger charge is 2.24. The number of hydrogen-bond donors (Lipinski definition) is 1. The molecule has 1 amide bonds. The number of nitrogens with one attached hydrogen (secondary N) is 1. The summed E-state index contributed by atoms with van der Waals surface area (Å²) in [6, 6.07) is 15.9. The lowest BCUT2D eigenvalue weighted by molar-refractivity contribution is 0.0966. The Morgan fingerprint density at radius 2 is 1.80 bits per heavy atom. The molecule has 0 saturated carbocycles. The van der Waals surface area contributed by atoms with Crippen LogP contribution in [0.15, 0.2) is 48.5 Å². The van der Waals surface area contributed by atoms with Crippen LogP contribution in [0.4, 0.5) is 0 Å². The van der Waals surface area contributed by atoms with E-state index >= 15 is 0 Å². The SMILES string of the molecule is CCOc1ccc2cc3c(c(-c4ccc(OC)cc4)c2c1)CNC3=O. The summed E-state index contributed by atoms with van der Waals surface area (Å²) in [5.41, 5.74) is 3.93. The van der Waals surface area contributed by atoms with Crippen LogP contribution in [0.25, 0.3) is 21.9 Å². The maximum atomic E-state index is 12.2. The van der Waals surface area contributed by atoms with E-state index in [0.717, 1.165) is 44.5 Å². The van der Waals surface area contributed by atoms with Gasteiger partial charge in [-0.05, 0) is 64.7 Å². The molecule has 0 aliphatic carbocycles. The molecule has 0 aromatic heterocycles. The van der Waals surface area contributed by atoms with Gasteiger partial charge in [-0.3, -0.25) is 4.79 Å². The summed E-state index contributed by atoms with van der Waals surface area (Å²) in [6.45, 7) is 3.14. The Bertz CT molecular complexity index is 961. The number of carbonyl (C=O) groups excluding carboxylic acids is 1. The molecule has 0 unspecified atom stereocenters. The first-order chi connectivity index (χ1) is 12.2. The second kappa shape index (κ2) is 6.13. The van der Waals surface area contributed by atoms with E-state index in [0.29, 0.717) is 13.2 Å². The van der Waals surface area contributed by atoms with Crippen LogP contribution in [0.5, 0.6) is 11.5 Å². The fourth-order valence-corrected chi connectivity index (χ4v) is 3.41. The van der Waals surface area contributed by atoms with Crippen molar-refractivity contribution in [1.29, 1.82) is 0 Å². The first kappa shape index (κ1) is 15.5. The summed E-state index contributed by atoms with van der Waals surface area (Å²) >= 11 is 0. The van der Waals surface area contributed by atoms with Crippen molar-refractivity contribution in [1.82, 2.24) is 5.32 Å². The number of carbonyl (C=O) groups is 1. The zero-order valence-electron chi connectivity index (χ0n) is 14.3. The number of fused-ring (bicyclic) bond motifs is 2. The highest BCUT2D eigenvalue weighted by molar-refractivity contribution is 6.09. The molecule has 0 radical (unpaired) electrons. The van der Waals surface area contributed by atoms with Crippen molar-refractivity contribution in [3.63, 3.8) is 0 Å². The minimum absolute atomic E-state index is 0.0134. The Morgan fingerprint density at radius 3 is 2.52 bits per heavy atom. The van der Waals surface area contributed by atoms with E-state index in [1.165, 1.54) is 0 Å². The van der Waals surface area contributed by atoms with Crippen LogP contribution in [0.3, 0.4) is 0 Å². The molecular formula is C21H19NO3. The van der Waals surface area contributed by atoms with Crippen LogP contribution in [0.2, 0.25) is 0 Å². The molecule has 0 fully saturated rings. The molecule has 25 heavy (non-hydrogen) atoms. The quantitative estimate of drug-likeness (QED) is 0.780. The molecule has 0 atom stereocenters. The first-order valence-corrected chi connectivity index (χ1v) is 8.36. The Morgan fingerprint density at radius 1 is 1.04 bits per heavy atom. The zero-order valence-corrected chi connectivity index (χ0v) is 14.3. The Labute approximate surface area is 146 Å². The first-order valence-electron chi connectivity index (χ1n) is 8.36. The summed E-state index contributed by atoms with van der Waals surface area (Å²) in [5, 5.41) is 5.06. The number of amides is 1. The van der Waals surface area contributed by atoms with Gasteiger partial charge >= 0.3 is 0 Å². The summed E-state index contributed by atoms with van der Waals surface area (Å²) < 4.78 is 10.9. The van der Waals surface area contributed by atoms with Crippen molar-refractivity contribution < 1.29 is 14.3 Å². The predicted octanol–water partition coefficient (Wildman–Crippen LogP) is 4.16. The molecule has 4 heteroatoms. The molecule has 0 bridgehead atoms. The molecule has 1 N–H and O–H groups in total. The average molecular weight is 333 g/mol. The predicted molar refractivity (Wildman–Crippen MR) is 98.3 cm³/mol. The van der Waals surface area contributed by atoms with Gasteiger partial charge in [-0.15, -0.1) is 0 Å². The van der Waals surface area contributed by atoms with Gasteiger partial charge in [0, 0.05) is 12.1 Å². The van der Waals surface area contributed by atoms with E-state index in [4.69, 9.17) is 9.47 Å². The normalized spacial score (nSPS) is 12.8. The molecular weight excluding hydrogens is 314 g/mol. The van der Waals surface area contributed by atoms with Crippen molar-refractivity contribution in [2.24, 2.45) is 0 Å². The van der Waals surface area contributed by atoms with Crippen LogP contribution in [0.1, 0.15) is 22.8 Å². The van der Waals surface area contributed by atoms with Crippen molar-refractivity contribution in [2.45, 2.75) is 13.5 Å². The summed E-state index contributed by atoms with van der Waals surface area (Å²) in [7, 11) is 1.65. The maximum Gasteiger partial charge on any atom is 0.251 e. The van der Waals surface area contributed by atoms with Crippen LogP contribution in [-0.2, 0) is 6.54 Å². The highest BCUT2D eigenvalue weighted by atomic mass is 16.5. The average Bonchev–Trinajstić information content (AvgIpc) is 3.01. The molecule has 0 saturated heterocycles. The maximum absolute atomic E-state index is 12.2. The van der Waals surface area contributed by atoms with Crippen molar-refractivity contribution in [3.8, 4) is 22.6 Å². The van der Waals surface area contributed by atoms with Crippen LogP contribution in [-0.4, -0.2) is 19.6 Å². The van der Waals surface area contributed by atoms with Crippen molar-refractivity contribution in [2.75, 3.05) is 13.7 Å². The lowest BCUT2D eigenvalue weighted by atomic mass is 9.90. The van der Waals surface area contributed by atoms with Gasteiger partial charge in [-0.2, -0.15) is 0 Å². The molecule has 1 heterocycles. The Hall–Kier alpha value is -3.01. The summed E-state index contributed by atoms with van der Waals surface area (Å²) in [5.74, 6) is 1.63. The zero-order chi connectivity index (χ0) is 17.4. The van der Waals surface area contributed by atoms with Gasteiger partial charge in [0.15, 0.2) is 0 Å². The number of ether oxygens (including phenoxy) is 2.